The zero-order chi connectivity index (χ0) is 16.0. The molecule has 23 heavy (non-hydrogen) atoms. The van der Waals surface area contributed by atoms with E-state index in [1.807, 2.05) is 6.07 Å². The van der Waals surface area contributed by atoms with Crippen molar-refractivity contribution < 1.29 is 14.7 Å². The van der Waals surface area contributed by atoms with Crippen LogP contribution in [0.5, 0.6) is 0 Å². The van der Waals surface area contributed by atoms with Crippen molar-refractivity contribution in [3.05, 3.63) is 59.4 Å². The molecule has 7 nitrogen and oxygen atoms in total. The van der Waals surface area contributed by atoms with E-state index in [9.17, 15) is 14.7 Å². The Kier molecular flexibility index (Phi) is 2.88. The Labute approximate surface area is 134 Å². The lowest BCUT2D eigenvalue weighted by Crippen LogP contribution is -2.39. The molecule has 0 radical (unpaired) electrons. The van der Waals surface area contributed by atoms with Crippen LogP contribution >= 0.6 is 11.8 Å². The van der Waals surface area contributed by atoms with E-state index in [1.165, 1.54) is 23.9 Å². The minimum absolute atomic E-state index is 0.122. The highest BCUT2D eigenvalue weighted by atomic mass is 32.2. The predicted octanol–water partition coefficient (Wildman–Crippen LogP) is 1.58. The van der Waals surface area contributed by atoms with Gasteiger partial charge in [0.1, 0.15) is 5.04 Å². The number of thioether (sulfide) groups is 1. The average molecular weight is 326 g/mol. The molecule has 0 bridgehead atoms. The fourth-order valence-electron chi connectivity index (χ4n) is 2.56. The lowest BCUT2D eigenvalue weighted by Gasteiger charge is -2.20. The Morgan fingerprint density at radius 2 is 2.17 bits per heavy atom. The van der Waals surface area contributed by atoms with Crippen LogP contribution in [0, 0.1) is 0 Å². The van der Waals surface area contributed by atoms with E-state index in [1.54, 1.807) is 24.5 Å². The van der Waals surface area contributed by atoms with Gasteiger partial charge in [0.2, 0.25) is 4.87 Å². The molecule has 8 heteroatoms. The smallest absolute Gasteiger partial charge is 0.335 e. The normalized spacial score (nSPS) is 21.6. The van der Waals surface area contributed by atoms with Gasteiger partial charge in [0.05, 0.1) is 5.56 Å². The second-order valence-corrected chi connectivity index (χ2v) is 6.28. The van der Waals surface area contributed by atoms with Gasteiger partial charge < -0.3 is 10.4 Å². The van der Waals surface area contributed by atoms with Gasteiger partial charge in [-0.1, -0.05) is 11.8 Å². The zero-order valence-corrected chi connectivity index (χ0v) is 12.4. The van der Waals surface area contributed by atoms with Gasteiger partial charge in [-0.05, 0) is 30.3 Å². The summed E-state index contributed by atoms with van der Waals surface area (Å²) in [6.45, 7) is 0. The van der Waals surface area contributed by atoms with Crippen LogP contribution < -0.4 is 10.7 Å². The number of benzene rings is 1. The Morgan fingerprint density at radius 3 is 2.91 bits per heavy atom. The summed E-state index contributed by atoms with van der Waals surface area (Å²) in [5.41, 5.74) is 4.93. The number of aromatic carboxylic acids is 1. The summed E-state index contributed by atoms with van der Waals surface area (Å²) in [7, 11) is 0. The van der Waals surface area contributed by atoms with Crippen LogP contribution in [0.4, 0.5) is 5.69 Å². The van der Waals surface area contributed by atoms with Gasteiger partial charge in [-0.3, -0.25) is 15.2 Å². The van der Waals surface area contributed by atoms with Gasteiger partial charge in [-0.2, -0.15) is 5.10 Å². The largest absolute Gasteiger partial charge is 0.478 e. The summed E-state index contributed by atoms with van der Waals surface area (Å²) in [6.07, 6.45) is 3.32. The van der Waals surface area contributed by atoms with E-state index in [0.29, 0.717) is 16.3 Å². The third-order valence-corrected chi connectivity index (χ3v) is 5.01. The van der Waals surface area contributed by atoms with Crippen LogP contribution in [0.25, 0.3) is 0 Å². The topological polar surface area (TPSA) is 104 Å². The number of nitrogens with zero attached hydrogens (tertiary/aromatic N) is 2. The molecule has 2 aromatic rings. The maximum absolute atomic E-state index is 12.5. The van der Waals surface area contributed by atoms with Gasteiger partial charge in [0.25, 0.3) is 5.91 Å². The van der Waals surface area contributed by atoms with Gasteiger partial charge >= 0.3 is 5.97 Å². The number of hydrazone groups is 1. The summed E-state index contributed by atoms with van der Waals surface area (Å²) in [5.74, 6) is -1.32. The predicted molar refractivity (Wildman–Crippen MR) is 85.2 cm³/mol. The molecule has 2 aliphatic rings. The number of fused-ring (bicyclic) bond motifs is 2. The first-order valence-corrected chi connectivity index (χ1v) is 7.55. The maximum atomic E-state index is 12.5. The first-order valence-electron chi connectivity index (χ1n) is 6.74. The number of rotatable bonds is 2. The number of amides is 1. The number of anilines is 1. The first kappa shape index (κ1) is 13.8. The lowest BCUT2D eigenvalue weighted by atomic mass is 10.0. The number of pyridine rings is 1. The van der Waals surface area contributed by atoms with Crippen molar-refractivity contribution in [2.75, 3.05) is 5.32 Å². The molecule has 1 aromatic carbocycles. The molecular weight excluding hydrogens is 316 g/mol. The highest BCUT2D eigenvalue weighted by Crippen LogP contribution is 2.48. The molecule has 4 rings (SSSR count). The van der Waals surface area contributed by atoms with Crippen LogP contribution in [0.1, 0.15) is 21.5 Å². The van der Waals surface area contributed by atoms with Crippen LogP contribution in [-0.4, -0.2) is 27.0 Å². The molecule has 0 saturated heterocycles. The maximum Gasteiger partial charge on any atom is 0.335 e. The minimum atomic E-state index is -1.15. The summed E-state index contributed by atoms with van der Waals surface area (Å²) in [6, 6.07) is 8.19. The van der Waals surface area contributed by atoms with Crippen molar-refractivity contribution >= 4 is 34.4 Å². The molecule has 1 spiro atoms. The van der Waals surface area contributed by atoms with Crippen molar-refractivity contribution in [3.8, 4) is 0 Å². The Morgan fingerprint density at radius 1 is 1.30 bits per heavy atom. The number of hydrogen-bond acceptors (Lipinski definition) is 6. The molecule has 0 fully saturated rings. The third kappa shape index (κ3) is 1.99. The van der Waals surface area contributed by atoms with Crippen LogP contribution in [0.2, 0.25) is 0 Å². The molecule has 3 heterocycles. The number of carbonyl (C=O) groups is 2. The second-order valence-electron chi connectivity index (χ2n) is 5.07. The van der Waals surface area contributed by atoms with Crippen LogP contribution in [0.3, 0.4) is 0 Å². The summed E-state index contributed by atoms with van der Waals surface area (Å²) in [4.78, 5) is 26.6. The Bertz CT molecular complexity index is 868. The van der Waals surface area contributed by atoms with Crippen LogP contribution in [0.15, 0.2) is 47.8 Å². The number of carboxylic acids is 1. The molecule has 1 atom stereocenters. The van der Waals surface area contributed by atoms with E-state index in [4.69, 9.17) is 0 Å². The number of hydrogen-bond donors (Lipinski definition) is 3. The van der Waals surface area contributed by atoms with Crippen molar-refractivity contribution in [3.63, 3.8) is 0 Å². The SMILES string of the molecule is O=C(O)c1ccc2c(c1)C1(NN=C(c3cccnc3)S1)C(=O)N2. The molecule has 1 unspecified atom stereocenters. The standard InChI is InChI=1S/C15H10N4O3S/c20-13(21)8-3-4-11-10(6-8)15(14(22)17-11)19-18-12(23-15)9-2-1-5-16-7-9/h1-7,19H,(H,17,22)(H,20,21). The Balaban J connectivity index is 1.76. The number of carbonyl (C=O) groups excluding carboxylic acids is 1. The highest BCUT2D eigenvalue weighted by Gasteiger charge is 2.52. The van der Waals surface area contributed by atoms with Gasteiger partial charge in [-0.15, -0.1) is 0 Å². The van der Waals surface area contributed by atoms with E-state index >= 15 is 0 Å². The second kappa shape index (κ2) is 4.82. The summed E-state index contributed by atoms with van der Waals surface area (Å²) < 4.78 is 0. The number of nitrogens with one attached hydrogen (secondary N) is 2. The van der Waals surface area contributed by atoms with Crippen LogP contribution in [-0.2, 0) is 9.67 Å². The summed E-state index contributed by atoms with van der Waals surface area (Å²) in [5, 5.41) is 16.8. The molecule has 2 aliphatic heterocycles. The van der Waals surface area contributed by atoms with Crippen molar-refractivity contribution in [2.45, 2.75) is 4.87 Å². The molecule has 114 valence electrons. The molecule has 3 N–H and O–H groups in total. The third-order valence-electron chi connectivity index (χ3n) is 3.69. The molecular formula is C15H10N4O3S. The zero-order valence-electron chi connectivity index (χ0n) is 11.6. The average Bonchev–Trinajstić information content (AvgIpc) is 3.12. The monoisotopic (exact) mass is 326 g/mol. The molecule has 1 amide bonds. The fraction of sp³-hybridized carbons (Fsp3) is 0.0667. The van der Waals surface area contributed by atoms with E-state index in [-0.39, 0.29) is 11.5 Å². The highest BCUT2D eigenvalue weighted by molar-refractivity contribution is 8.16. The van der Waals surface area contributed by atoms with E-state index in [0.717, 1.165) is 5.56 Å². The lowest BCUT2D eigenvalue weighted by molar-refractivity contribution is -0.118. The molecule has 0 saturated carbocycles. The van der Waals surface area contributed by atoms with Gasteiger partial charge in [0, 0.05) is 29.2 Å². The quantitative estimate of drug-likeness (QED) is 0.774. The van der Waals surface area contributed by atoms with E-state index < -0.39 is 10.8 Å². The molecule has 0 aliphatic carbocycles. The first-order chi connectivity index (χ1) is 11.1. The minimum Gasteiger partial charge on any atom is -0.478 e. The van der Waals surface area contributed by atoms with E-state index in [2.05, 4.69) is 20.8 Å². The van der Waals surface area contributed by atoms with Gasteiger partial charge in [0.15, 0.2) is 0 Å². The van der Waals surface area contributed by atoms with Crippen molar-refractivity contribution in [1.82, 2.24) is 10.4 Å². The summed E-state index contributed by atoms with van der Waals surface area (Å²) >= 11 is 1.24. The van der Waals surface area contributed by atoms with Crippen molar-refractivity contribution in [1.29, 1.82) is 0 Å². The number of carboxylic acid groups (broad SMARTS) is 1. The van der Waals surface area contributed by atoms with Gasteiger partial charge in [-0.25, -0.2) is 4.79 Å². The van der Waals surface area contributed by atoms with Crippen molar-refractivity contribution in [2.24, 2.45) is 5.10 Å². The molecule has 1 aromatic heterocycles. The number of aromatic nitrogens is 1. The Hall–Kier alpha value is -2.87. The fourth-order valence-corrected chi connectivity index (χ4v) is 3.69.